The fraction of sp³-hybridized carbons (Fsp3) is 0.188. The van der Waals surface area contributed by atoms with Gasteiger partial charge in [0.15, 0.2) is 0 Å². The second-order valence-electron chi connectivity index (χ2n) is 4.92. The average molecular weight is 299 g/mol. The molecule has 0 aliphatic rings. The third-order valence-corrected chi connectivity index (χ3v) is 3.42. The molecule has 0 atom stereocenters. The first-order valence-electron chi connectivity index (χ1n) is 6.82. The van der Waals surface area contributed by atoms with Gasteiger partial charge in [-0.3, -0.25) is 14.9 Å². The van der Waals surface area contributed by atoms with Crippen LogP contribution >= 0.6 is 0 Å². The van der Waals surface area contributed by atoms with Crippen LogP contribution in [0.4, 0.5) is 17.1 Å². The van der Waals surface area contributed by atoms with Crippen LogP contribution in [-0.2, 0) is 4.79 Å². The Labute approximate surface area is 128 Å². The molecule has 0 fully saturated rings. The largest absolute Gasteiger partial charge is 0.371 e. The topological polar surface area (TPSA) is 84.3 Å². The molecule has 2 N–H and O–H groups in total. The number of nitrogens with zero attached hydrogens (tertiary/aromatic N) is 1. The zero-order valence-electron chi connectivity index (χ0n) is 12.4. The van der Waals surface area contributed by atoms with Gasteiger partial charge in [-0.05, 0) is 37.1 Å². The Morgan fingerprint density at radius 2 is 1.77 bits per heavy atom. The Hall–Kier alpha value is -2.89. The lowest BCUT2D eigenvalue weighted by Gasteiger charge is -2.11. The smallest absolute Gasteiger partial charge is 0.292 e. The Kier molecular flexibility index (Phi) is 4.73. The first kappa shape index (κ1) is 15.5. The molecule has 2 aromatic rings. The van der Waals surface area contributed by atoms with Gasteiger partial charge < -0.3 is 10.6 Å². The van der Waals surface area contributed by atoms with Gasteiger partial charge in [0, 0.05) is 11.8 Å². The number of carbonyl (C=O) groups is 1. The molecule has 2 aromatic carbocycles. The molecule has 0 aliphatic carbocycles. The molecule has 0 heterocycles. The summed E-state index contributed by atoms with van der Waals surface area (Å²) in [4.78, 5) is 22.4. The van der Waals surface area contributed by atoms with Gasteiger partial charge in [-0.2, -0.15) is 0 Å². The quantitative estimate of drug-likeness (QED) is 0.655. The van der Waals surface area contributed by atoms with Gasteiger partial charge in [0.1, 0.15) is 5.69 Å². The first-order chi connectivity index (χ1) is 10.5. The average Bonchev–Trinajstić information content (AvgIpc) is 2.50. The molecule has 0 saturated carbocycles. The molecule has 0 spiro atoms. The van der Waals surface area contributed by atoms with E-state index in [0.717, 1.165) is 16.8 Å². The SMILES string of the molecule is Cc1cccc(NC(=O)CNc2ccccc2[N+](=O)[O-])c1C. The van der Waals surface area contributed by atoms with E-state index < -0.39 is 4.92 Å². The van der Waals surface area contributed by atoms with Gasteiger partial charge in [0.2, 0.25) is 5.91 Å². The predicted octanol–water partition coefficient (Wildman–Crippen LogP) is 3.26. The van der Waals surface area contributed by atoms with Crippen molar-refractivity contribution in [3.8, 4) is 0 Å². The van der Waals surface area contributed by atoms with Crippen molar-refractivity contribution >= 4 is 23.0 Å². The number of anilines is 2. The van der Waals surface area contributed by atoms with Crippen LogP contribution in [-0.4, -0.2) is 17.4 Å². The van der Waals surface area contributed by atoms with Crippen molar-refractivity contribution in [1.82, 2.24) is 0 Å². The number of amides is 1. The van der Waals surface area contributed by atoms with E-state index in [1.807, 2.05) is 32.0 Å². The minimum Gasteiger partial charge on any atom is -0.371 e. The Bertz CT molecular complexity index is 714. The van der Waals surface area contributed by atoms with E-state index in [1.165, 1.54) is 6.07 Å². The van der Waals surface area contributed by atoms with Crippen molar-refractivity contribution in [1.29, 1.82) is 0 Å². The number of hydrogen-bond acceptors (Lipinski definition) is 4. The molecule has 0 aliphatic heterocycles. The number of benzene rings is 2. The van der Waals surface area contributed by atoms with Gasteiger partial charge in [-0.15, -0.1) is 0 Å². The first-order valence-corrected chi connectivity index (χ1v) is 6.82. The highest BCUT2D eigenvalue weighted by molar-refractivity contribution is 5.94. The van der Waals surface area contributed by atoms with Crippen molar-refractivity contribution in [3.05, 3.63) is 63.7 Å². The molecule has 6 heteroatoms. The van der Waals surface area contributed by atoms with Gasteiger partial charge in [-0.25, -0.2) is 0 Å². The highest BCUT2D eigenvalue weighted by atomic mass is 16.6. The zero-order chi connectivity index (χ0) is 16.1. The van der Waals surface area contributed by atoms with Crippen molar-refractivity contribution in [2.45, 2.75) is 13.8 Å². The molecular formula is C16H17N3O3. The van der Waals surface area contributed by atoms with Crippen LogP contribution in [0.3, 0.4) is 0 Å². The summed E-state index contributed by atoms with van der Waals surface area (Å²) in [6.07, 6.45) is 0. The fourth-order valence-corrected chi connectivity index (χ4v) is 2.04. The zero-order valence-corrected chi connectivity index (χ0v) is 12.4. The summed E-state index contributed by atoms with van der Waals surface area (Å²) in [5, 5.41) is 16.5. The maximum absolute atomic E-state index is 12.0. The minimum absolute atomic E-state index is 0.0434. The van der Waals surface area contributed by atoms with Crippen LogP contribution in [0.1, 0.15) is 11.1 Å². The van der Waals surface area contributed by atoms with Crippen LogP contribution in [0.2, 0.25) is 0 Å². The van der Waals surface area contributed by atoms with E-state index >= 15 is 0 Å². The van der Waals surface area contributed by atoms with Crippen molar-refractivity contribution in [2.24, 2.45) is 0 Å². The number of nitro benzene ring substituents is 1. The van der Waals surface area contributed by atoms with E-state index in [2.05, 4.69) is 10.6 Å². The summed E-state index contributed by atoms with van der Waals surface area (Å²) in [7, 11) is 0. The minimum atomic E-state index is -0.481. The monoisotopic (exact) mass is 299 g/mol. The lowest BCUT2D eigenvalue weighted by molar-refractivity contribution is -0.383. The van der Waals surface area contributed by atoms with Crippen molar-refractivity contribution in [3.63, 3.8) is 0 Å². The van der Waals surface area contributed by atoms with E-state index in [1.54, 1.807) is 18.2 Å². The van der Waals surface area contributed by atoms with Crippen molar-refractivity contribution < 1.29 is 9.72 Å². The molecular weight excluding hydrogens is 282 g/mol. The van der Waals surface area contributed by atoms with Gasteiger partial charge >= 0.3 is 0 Å². The number of para-hydroxylation sites is 2. The molecule has 0 aromatic heterocycles. The number of aryl methyl sites for hydroxylation is 1. The summed E-state index contributed by atoms with van der Waals surface area (Å²) in [6, 6.07) is 11.9. The second kappa shape index (κ2) is 6.71. The predicted molar refractivity (Wildman–Crippen MR) is 86.1 cm³/mol. The number of carbonyl (C=O) groups excluding carboxylic acids is 1. The van der Waals surface area contributed by atoms with E-state index in [-0.39, 0.29) is 18.1 Å². The number of rotatable bonds is 5. The van der Waals surface area contributed by atoms with E-state index in [0.29, 0.717) is 5.69 Å². The third-order valence-electron chi connectivity index (χ3n) is 3.42. The molecule has 6 nitrogen and oxygen atoms in total. The molecule has 0 radical (unpaired) electrons. The highest BCUT2D eigenvalue weighted by Gasteiger charge is 2.13. The molecule has 0 bridgehead atoms. The Balaban J connectivity index is 2.02. The number of nitro groups is 1. The van der Waals surface area contributed by atoms with Gasteiger partial charge in [0.25, 0.3) is 5.69 Å². The Morgan fingerprint density at radius 3 is 2.50 bits per heavy atom. The standard InChI is InChI=1S/C16H17N3O3/c1-11-6-5-8-13(12(11)2)18-16(20)10-17-14-7-3-4-9-15(14)19(21)22/h3-9,17H,10H2,1-2H3,(H,18,20). The summed E-state index contributed by atoms with van der Waals surface area (Å²) >= 11 is 0. The lowest BCUT2D eigenvalue weighted by Crippen LogP contribution is -2.22. The fourth-order valence-electron chi connectivity index (χ4n) is 2.04. The van der Waals surface area contributed by atoms with Crippen LogP contribution in [0.25, 0.3) is 0 Å². The van der Waals surface area contributed by atoms with Crippen LogP contribution in [0.15, 0.2) is 42.5 Å². The van der Waals surface area contributed by atoms with Gasteiger partial charge in [0.05, 0.1) is 11.5 Å². The summed E-state index contributed by atoms with van der Waals surface area (Å²) in [5.41, 5.74) is 3.10. The third kappa shape index (κ3) is 3.60. The van der Waals surface area contributed by atoms with E-state index in [4.69, 9.17) is 0 Å². The van der Waals surface area contributed by atoms with Gasteiger partial charge in [-0.1, -0.05) is 24.3 Å². The van der Waals surface area contributed by atoms with Crippen LogP contribution in [0.5, 0.6) is 0 Å². The molecule has 0 saturated heterocycles. The van der Waals surface area contributed by atoms with E-state index in [9.17, 15) is 14.9 Å². The normalized spacial score (nSPS) is 10.1. The second-order valence-corrected chi connectivity index (χ2v) is 4.92. The molecule has 114 valence electrons. The van der Waals surface area contributed by atoms with Crippen LogP contribution < -0.4 is 10.6 Å². The molecule has 22 heavy (non-hydrogen) atoms. The molecule has 0 unspecified atom stereocenters. The summed E-state index contributed by atoms with van der Waals surface area (Å²) < 4.78 is 0. The maximum atomic E-state index is 12.0. The van der Waals surface area contributed by atoms with Crippen LogP contribution in [0, 0.1) is 24.0 Å². The Morgan fingerprint density at radius 1 is 1.09 bits per heavy atom. The molecule has 1 amide bonds. The number of hydrogen-bond donors (Lipinski definition) is 2. The summed E-state index contributed by atoms with van der Waals surface area (Å²) in [5.74, 6) is -0.258. The molecule has 2 rings (SSSR count). The maximum Gasteiger partial charge on any atom is 0.292 e. The highest BCUT2D eigenvalue weighted by Crippen LogP contribution is 2.23. The summed E-state index contributed by atoms with van der Waals surface area (Å²) in [6.45, 7) is 3.86. The van der Waals surface area contributed by atoms with Crippen molar-refractivity contribution in [2.75, 3.05) is 17.2 Å². The number of nitrogens with one attached hydrogen (secondary N) is 2. The lowest BCUT2D eigenvalue weighted by atomic mass is 10.1.